The number of anilines is 1. The van der Waals surface area contributed by atoms with Crippen molar-refractivity contribution < 1.29 is 22.1 Å². The van der Waals surface area contributed by atoms with Crippen LogP contribution in [0.4, 0.5) is 23.2 Å². The van der Waals surface area contributed by atoms with E-state index in [4.69, 9.17) is 4.52 Å². The summed E-state index contributed by atoms with van der Waals surface area (Å²) in [5, 5.41) is 3.97. The standard InChI is InChI=1S/C22H22F4N4O/c1-14-6-7-16(12-19(14)23)20-27-21(31-28-20)15(2)29-8-10-30(11-9-29)18-5-3-4-17(13-18)22(24,25)26/h3-7,12-13,15H,8-11H2,1-2H3. The number of hydrogen-bond donors (Lipinski definition) is 0. The third kappa shape index (κ3) is 4.56. The summed E-state index contributed by atoms with van der Waals surface area (Å²) in [5.41, 5.74) is 0.995. The van der Waals surface area contributed by atoms with Gasteiger partial charge in [0.25, 0.3) is 0 Å². The van der Waals surface area contributed by atoms with Crippen molar-refractivity contribution in [1.29, 1.82) is 0 Å². The highest BCUT2D eigenvalue weighted by Crippen LogP contribution is 2.32. The van der Waals surface area contributed by atoms with Gasteiger partial charge >= 0.3 is 6.18 Å². The first-order valence-corrected chi connectivity index (χ1v) is 9.99. The summed E-state index contributed by atoms with van der Waals surface area (Å²) >= 11 is 0. The Bertz CT molecular complexity index is 1060. The quantitative estimate of drug-likeness (QED) is 0.536. The zero-order valence-electron chi connectivity index (χ0n) is 17.2. The van der Waals surface area contributed by atoms with Crippen LogP contribution in [0.15, 0.2) is 47.0 Å². The molecule has 0 bridgehead atoms. The molecule has 0 spiro atoms. The minimum absolute atomic E-state index is 0.166. The molecular weight excluding hydrogens is 412 g/mol. The molecule has 1 fully saturated rings. The minimum atomic E-state index is -4.36. The number of benzene rings is 2. The van der Waals surface area contributed by atoms with Gasteiger partial charge in [0.2, 0.25) is 11.7 Å². The van der Waals surface area contributed by atoms with E-state index in [1.54, 1.807) is 25.1 Å². The number of aromatic nitrogens is 2. The van der Waals surface area contributed by atoms with Crippen LogP contribution in [0.25, 0.3) is 11.4 Å². The predicted octanol–water partition coefficient (Wildman–Crippen LogP) is 5.09. The van der Waals surface area contributed by atoms with Gasteiger partial charge < -0.3 is 9.42 Å². The molecule has 1 aliphatic rings. The van der Waals surface area contributed by atoms with Crippen LogP contribution in [0, 0.1) is 12.7 Å². The topological polar surface area (TPSA) is 45.4 Å². The summed E-state index contributed by atoms with van der Waals surface area (Å²) in [6.07, 6.45) is -4.36. The first-order chi connectivity index (χ1) is 14.7. The van der Waals surface area contributed by atoms with Crippen LogP contribution in [0.3, 0.4) is 0 Å². The van der Waals surface area contributed by atoms with Gasteiger partial charge in [-0.25, -0.2) is 4.39 Å². The van der Waals surface area contributed by atoms with Gasteiger partial charge in [-0.2, -0.15) is 18.2 Å². The van der Waals surface area contributed by atoms with Crippen molar-refractivity contribution in [3.63, 3.8) is 0 Å². The fourth-order valence-electron chi connectivity index (χ4n) is 3.66. The van der Waals surface area contributed by atoms with Gasteiger partial charge in [0.1, 0.15) is 5.82 Å². The molecule has 1 saturated heterocycles. The SMILES string of the molecule is Cc1ccc(-c2noc(C(C)N3CCN(c4cccc(C(F)(F)F)c4)CC3)n2)cc1F. The monoisotopic (exact) mass is 434 g/mol. The van der Waals surface area contributed by atoms with Crippen LogP contribution in [0.1, 0.15) is 30.0 Å². The summed E-state index contributed by atoms with van der Waals surface area (Å²) in [5.74, 6) is 0.412. The summed E-state index contributed by atoms with van der Waals surface area (Å²) in [6, 6.07) is 10.0. The molecule has 2 aromatic carbocycles. The minimum Gasteiger partial charge on any atom is -0.369 e. The number of alkyl halides is 3. The number of piperazine rings is 1. The fourth-order valence-corrected chi connectivity index (χ4v) is 3.66. The largest absolute Gasteiger partial charge is 0.416 e. The highest BCUT2D eigenvalue weighted by molar-refractivity contribution is 5.55. The molecule has 0 saturated carbocycles. The number of hydrogen-bond acceptors (Lipinski definition) is 5. The van der Waals surface area contributed by atoms with Crippen molar-refractivity contribution in [2.45, 2.75) is 26.1 Å². The molecule has 164 valence electrons. The average molecular weight is 434 g/mol. The number of nitrogens with zero attached hydrogens (tertiary/aromatic N) is 4. The lowest BCUT2D eigenvalue weighted by molar-refractivity contribution is -0.137. The molecule has 1 atom stereocenters. The third-order valence-corrected chi connectivity index (χ3v) is 5.63. The molecule has 1 aromatic heterocycles. The first-order valence-electron chi connectivity index (χ1n) is 9.99. The maximum Gasteiger partial charge on any atom is 0.416 e. The van der Waals surface area contributed by atoms with Crippen LogP contribution in [-0.4, -0.2) is 41.2 Å². The Labute approximate surface area is 177 Å². The number of aryl methyl sites for hydroxylation is 1. The zero-order chi connectivity index (χ0) is 22.2. The molecule has 0 amide bonds. The van der Waals surface area contributed by atoms with Crippen molar-refractivity contribution in [3.05, 3.63) is 65.3 Å². The summed E-state index contributed by atoms with van der Waals surface area (Å²) in [7, 11) is 0. The highest BCUT2D eigenvalue weighted by atomic mass is 19.4. The van der Waals surface area contributed by atoms with E-state index in [0.717, 1.165) is 6.07 Å². The molecule has 0 radical (unpaired) electrons. The Kier molecular flexibility index (Phi) is 5.70. The van der Waals surface area contributed by atoms with Crippen molar-refractivity contribution in [2.75, 3.05) is 31.1 Å². The lowest BCUT2D eigenvalue weighted by atomic mass is 10.1. The average Bonchev–Trinajstić information content (AvgIpc) is 3.25. The van der Waals surface area contributed by atoms with Gasteiger partial charge in [-0.1, -0.05) is 23.4 Å². The smallest absolute Gasteiger partial charge is 0.369 e. The summed E-state index contributed by atoms with van der Waals surface area (Å²) < 4.78 is 58.2. The lowest BCUT2D eigenvalue weighted by Gasteiger charge is -2.38. The second-order valence-corrected chi connectivity index (χ2v) is 7.67. The Balaban J connectivity index is 1.41. The molecule has 5 nitrogen and oxygen atoms in total. The Morgan fingerprint density at radius 3 is 2.45 bits per heavy atom. The predicted molar refractivity (Wildman–Crippen MR) is 108 cm³/mol. The van der Waals surface area contributed by atoms with Crippen LogP contribution in [-0.2, 0) is 6.18 Å². The lowest BCUT2D eigenvalue weighted by Crippen LogP contribution is -2.47. The van der Waals surface area contributed by atoms with Gasteiger partial charge in [0.15, 0.2) is 0 Å². The van der Waals surface area contributed by atoms with Crippen LogP contribution < -0.4 is 4.90 Å². The van der Waals surface area contributed by atoms with Gasteiger partial charge in [0.05, 0.1) is 11.6 Å². The van der Waals surface area contributed by atoms with Gasteiger partial charge in [-0.05, 0) is 43.7 Å². The van der Waals surface area contributed by atoms with E-state index in [1.165, 1.54) is 18.2 Å². The van der Waals surface area contributed by atoms with E-state index in [2.05, 4.69) is 15.0 Å². The van der Waals surface area contributed by atoms with Crippen molar-refractivity contribution in [1.82, 2.24) is 15.0 Å². The van der Waals surface area contributed by atoms with E-state index < -0.39 is 11.7 Å². The van der Waals surface area contributed by atoms with E-state index in [1.807, 2.05) is 11.8 Å². The Morgan fingerprint density at radius 2 is 1.77 bits per heavy atom. The summed E-state index contributed by atoms with van der Waals surface area (Å²) in [4.78, 5) is 8.49. The summed E-state index contributed by atoms with van der Waals surface area (Å²) in [6.45, 7) is 6.04. The van der Waals surface area contributed by atoms with E-state index >= 15 is 0 Å². The number of halogens is 4. The maximum absolute atomic E-state index is 13.8. The Hall–Kier alpha value is -2.94. The third-order valence-electron chi connectivity index (χ3n) is 5.63. The second kappa shape index (κ2) is 8.30. The van der Waals surface area contributed by atoms with Crippen LogP contribution in [0.5, 0.6) is 0 Å². The maximum atomic E-state index is 13.8. The van der Waals surface area contributed by atoms with Gasteiger partial charge in [-0.15, -0.1) is 0 Å². The van der Waals surface area contributed by atoms with Crippen molar-refractivity contribution in [3.8, 4) is 11.4 Å². The highest BCUT2D eigenvalue weighted by Gasteiger charge is 2.31. The number of rotatable bonds is 4. The fraction of sp³-hybridized carbons (Fsp3) is 0.364. The van der Waals surface area contributed by atoms with Crippen molar-refractivity contribution >= 4 is 5.69 Å². The van der Waals surface area contributed by atoms with E-state index in [0.29, 0.717) is 54.7 Å². The second-order valence-electron chi connectivity index (χ2n) is 7.67. The molecule has 1 aliphatic heterocycles. The van der Waals surface area contributed by atoms with Crippen LogP contribution in [0.2, 0.25) is 0 Å². The normalized spacial score (nSPS) is 16.5. The molecule has 0 N–H and O–H groups in total. The Morgan fingerprint density at radius 1 is 1.03 bits per heavy atom. The molecule has 9 heteroatoms. The van der Waals surface area contributed by atoms with E-state index in [-0.39, 0.29) is 11.9 Å². The first kappa shape index (κ1) is 21.3. The van der Waals surface area contributed by atoms with Gasteiger partial charge in [-0.3, -0.25) is 4.90 Å². The molecule has 0 aliphatic carbocycles. The molecule has 3 aromatic rings. The van der Waals surface area contributed by atoms with Crippen LogP contribution >= 0.6 is 0 Å². The molecule has 2 heterocycles. The van der Waals surface area contributed by atoms with Crippen molar-refractivity contribution in [2.24, 2.45) is 0 Å². The van der Waals surface area contributed by atoms with E-state index in [9.17, 15) is 17.6 Å². The molecular formula is C22H22F4N4O. The molecule has 4 rings (SSSR count). The molecule has 1 unspecified atom stereocenters. The molecule has 31 heavy (non-hydrogen) atoms. The van der Waals surface area contributed by atoms with Gasteiger partial charge in [0, 0.05) is 37.4 Å². The zero-order valence-corrected chi connectivity index (χ0v) is 17.2.